The van der Waals surface area contributed by atoms with Crippen LogP contribution in [0.3, 0.4) is 0 Å². The molecule has 4 heteroatoms. The van der Waals surface area contributed by atoms with E-state index in [4.69, 9.17) is 9.72 Å². The van der Waals surface area contributed by atoms with Gasteiger partial charge in [-0.15, -0.1) is 0 Å². The van der Waals surface area contributed by atoms with Crippen LogP contribution in [0, 0.1) is 13.8 Å². The molecule has 4 rings (SSSR count). The molecular weight excluding hydrogens is 348 g/mol. The van der Waals surface area contributed by atoms with Crippen LogP contribution in [0.4, 0.5) is 0 Å². The summed E-state index contributed by atoms with van der Waals surface area (Å²) in [5.74, 6) is 2.47. The summed E-state index contributed by atoms with van der Waals surface area (Å²) in [7, 11) is 0. The number of hydrogen-bond donors (Lipinski definition) is 1. The van der Waals surface area contributed by atoms with Gasteiger partial charge in [0.05, 0.1) is 17.6 Å². The van der Waals surface area contributed by atoms with Gasteiger partial charge in [-0.2, -0.15) is 0 Å². The summed E-state index contributed by atoms with van der Waals surface area (Å²) in [4.78, 5) is 4.94. The summed E-state index contributed by atoms with van der Waals surface area (Å²) in [6.07, 6.45) is 5.66. The van der Waals surface area contributed by atoms with Gasteiger partial charge in [0.2, 0.25) is 0 Å². The summed E-state index contributed by atoms with van der Waals surface area (Å²) >= 11 is 0. The van der Waals surface area contributed by atoms with Crippen LogP contribution in [0.2, 0.25) is 0 Å². The molecule has 4 nitrogen and oxygen atoms in total. The van der Waals surface area contributed by atoms with Gasteiger partial charge in [0, 0.05) is 5.92 Å². The van der Waals surface area contributed by atoms with Crippen molar-refractivity contribution in [3.05, 3.63) is 59.4 Å². The number of rotatable bonds is 6. The van der Waals surface area contributed by atoms with Gasteiger partial charge < -0.3 is 14.4 Å². The molecule has 0 spiro atoms. The quantitative estimate of drug-likeness (QED) is 0.646. The minimum absolute atomic E-state index is 0.279. The fourth-order valence-electron chi connectivity index (χ4n) is 4.29. The Morgan fingerprint density at radius 3 is 2.68 bits per heavy atom. The highest BCUT2D eigenvalue weighted by molar-refractivity contribution is 5.76. The fraction of sp³-hybridized carbons (Fsp3) is 0.458. The average molecular weight is 379 g/mol. The number of hydrogen-bond acceptors (Lipinski definition) is 3. The zero-order valence-electron chi connectivity index (χ0n) is 16.9. The Labute approximate surface area is 167 Å². The van der Waals surface area contributed by atoms with Crippen molar-refractivity contribution < 1.29 is 9.84 Å². The van der Waals surface area contributed by atoms with Gasteiger partial charge in [-0.3, -0.25) is 0 Å². The van der Waals surface area contributed by atoms with Crippen molar-refractivity contribution in [3.63, 3.8) is 0 Å². The first-order valence-electron chi connectivity index (χ1n) is 10.5. The van der Waals surface area contributed by atoms with Crippen molar-refractivity contribution >= 4 is 11.0 Å². The Hall–Kier alpha value is -2.33. The molecule has 0 bridgehead atoms. The summed E-state index contributed by atoms with van der Waals surface area (Å²) in [5, 5.41) is 10.8. The van der Waals surface area contributed by atoms with Crippen LogP contribution in [0.1, 0.15) is 55.0 Å². The second-order valence-electron chi connectivity index (χ2n) is 8.07. The molecule has 0 saturated heterocycles. The van der Waals surface area contributed by atoms with E-state index in [2.05, 4.69) is 36.6 Å². The van der Waals surface area contributed by atoms with Gasteiger partial charge in [0.15, 0.2) is 0 Å². The second kappa shape index (κ2) is 8.36. The number of para-hydroxylation sites is 2. The van der Waals surface area contributed by atoms with E-state index in [-0.39, 0.29) is 6.61 Å². The van der Waals surface area contributed by atoms with Gasteiger partial charge in [-0.05, 0) is 56.0 Å². The summed E-state index contributed by atoms with van der Waals surface area (Å²) in [5.41, 5.74) is 4.46. The Balaban J connectivity index is 1.53. The summed E-state index contributed by atoms with van der Waals surface area (Å²) in [6.45, 7) is 4.92. The first-order valence-corrected chi connectivity index (χ1v) is 10.5. The van der Waals surface area contributed by atoms with Crippen molar-refractivity contribution in [2.75, 3.05) is 6.61 Å². The lowest BCUT2D eigenvalue weighted by atomic mass is 9.88. The van der Waals surface area contributed by atoms with E-state index < -0.39 is 6.10 Å². The third-order valence-corrected chi connectivity index (χ3v) is 6.03. The van der Waals surface area contributed by atoms with E-state index in [0.29, 0.717) is 12.5 Å². The first-order chi connectivity index (χ1) is 13.6. The number of benzene rings is 2. The van der Waals surface area contributed by atoms with E-state index in [1.54, 1.807) is 0 Å². The molecule has 1 saturated carbocycles. The van der Waals surface area contributed by atoms with Crippen molar-refractivity contribution in [3.8, 4) is 5.75 Å². The number of imidazole rings is 1. The zero-order valence-corrected chi connectivity index (χ0v) is 16.9. The van der Waals surface area contributed by atoms with Crippen LogP contribution in [0.15, 0.2) is 42.5 Å². The molecule has 2 aromatic carbocycles. The standard InChI is InChI=1S/C24H30N2O2/c1-17-9-8-14-23(18(17)2)28-16-20(27)15-26-22-13-7-6-12-21(22)25-24(26)19-10-4-3-5-11-19/h6-9,12-14,19-20,27H,3-5,10-11,15-16H2,1-2H3/t20-/m1/s1. The lowest BCUT2D eigenvalue weighted by molar-refractivity contribution is 0.0918. The number of fused-ring (bicyclic) bond motifs is 1. The Morgan fingerprint density at radius 1 is 1.07 bits per heavy atom. The molecule has 0 radical (unpaired) electrons. The van der Waals surface area contributed by atoms with E-state index in [1.165, 1.54) is 37.7 Å². The molecular formula is C24H30N2O2. The lowest BCUT2D eigenvalue weighted by Gasteiger charge is -2.23. The molecule has 1 aliphatic carbocycles. The SMILES string of the molecule is Cc1cccc(OC[C@H](O)Cn2c(C3CCCCC3)nc3ccccc32)c1C. The molecule has 1 heterocycles. The maximum absolute atomic E-state index is 10.8. The minimum atomic E-state index is -0.583. The van der Waals surface area contributed by atoms with Gasteiger partial charge in [-0.25, -0.2) is 4.98 Å². The van der Waals surface area contributed by atoms with Crippen molar-refractivity contribution in [2.45, 2.75) is 64.5 Å². The van der Waals surface area contributed by atoms with E-state index in [1.807, 2.05) is 24.3 Å². The highest BCUT2D eigenvalue weighted by Gasteiger charge is 2.23. The van der Waals surface area contributed by atoms with Gasteiger partial charge >= 0.3 is 0 Å². The van der Waals surface area contributed by atoms with Gasteiger partial charge in [0.25, 0.3) is 0 Å². The largest absolute Gasteiger partial charge is 0.491 e. The number of ether oxygens (including phenoxy) is 1. The molecule has 1 aliphatic rings. The van der Waals surface area contributed by atoms with E-state index >= 15 is 0 Å². The molecule has 28 heavy (non-hydrogen) atoms. The predicted molar refractivity (Wildman–Crippen MR) is 113 cm³/mol. The summed E-state index contributed by atoms with van der Waals surface area (Å²) < 4.78 is 8.17. The Morgan fingerprint density at radius 2 is 1.86 bits per heavy atom. The van der Waals surface area contributed by atoms with Crippen molar-refractivity contribution in [1.82, 2.24) is 9.55 Å². The fourth-order valence-corrected chi connectivity index (χ4v) is 4.29. The first kappa shape index (κ1) is 19.0. The monoisotopic (exact) mass is 378 g/mol. The molecule has 1 N–H and O–H groups in total. The molecule has 0 unspecified atom stereocenters. The van der Waals surface area contributed by atoms with Crippen LogP contribution < -0.4 is 4.74 Å². The maximum atomic E-state index is 10.8. The smallest absolute Gasteiger partial charge is 0.122 e. The number of aliphatic hydroxyl groups excluding tert-OH is 1. The number of nitrogens with zero attached hydrogens (tertiary/aromatic N) is 2. The third-order valence-electron chi connectivity index (χ3n) is 6.03. The number of aliphatic hydroxyl groups is 1. The molecule has 1 aromatic heterocycles. The molecule has 148 valence electrons. The van der Waals surface area contributed by atoms with Gasteiger partial charge in [-0.1, -0.05) is 43.5 Å². The number of aromatic nitrogens is 2. The second-order valence-corrected chi connectivity index (χ2v) is 8.07. The average Bonchev–Trinajstić information content (AvgIpc) is 3.08. The maximum Gasteiger partial charge on any atom is 0.122 e. The predicted octanol–water partition coefficient (Wildman–Crippen LogP) is 5.14. The van der Waals surface area contributed by atoms with Crippen LogP contribution in [0.5, 0.6) is 5.75 Å². The van der Waals surface area contributed by atoms with Crippen LogP contribution >= 0.6 is 0 Å². The molecule has 0 amide bonds. The minimum Gasteiger partial charge on any atom is -0.491 e. The topological polar surface area (TPSA) is 47.3 Å². The number of aryl methyl sites for hydroxylation is 1. The van der Waals surface area contributed by atoms with Crippen LogP contribution in [0.25, 0.3) is 11.0 Å². The van der Waals surface area contributed by atoms with Gasteiger partial charge in [0.1, 0.15) is 24.3 Å². The lowest BCUT2D eigenvalue weighted by Crippen LogP contribution is -2.25. The molecule has 0 aliphatic heterocycles. The highest BCUT2D eigenvalue weighted by Crippen LogP contribution is 2.34. The zero-order chi connectivity index (χ0) is 19.5. The van der Waals surface area contributed by atoms with E-state index in [0.717, 1.165) is 28.2 Å². The Kier molecular flexibility index (Phi) is 5.67. The molecule has 3 aromatic rings. The van der Waals surface area contributed by atoms with Crippen LogP contribution in [-0.2, 0) is 6.54 Å². The molecule has 1 atom stereocenters. The van der Waals surface area contributed by atoms with Crippen molar-refractivity contribution in [1.29, 1.82) is 0 Å². The van der Waals surface area contributed by atoms with Crippen LogP contribution in [-0.4, -0.2) is 27.4 Å². The summed E-state index contributed by atoms with van der Waals surface area (Å²) in [6, 6.07) is 14.3. The highest BCUT2D eigenvalue weighted by atomic mass is 16.5. The van der Waals surface area contributed by atoms with Crippen molar-refractivity contribution in [2.24, 2.45) is 0 Å². The normalized spacial score (nSPS) is 16.4. The molecule has 1 fully saturated rings. The Bertz CT molecular complexity index is 941. The third kappa shape index (κ3) is 3.93. The van der Waals surface area contributed by atoms with E-state index in [9.17, 15) is 5.11 Å².